The average Bonchev–Trinajstić information content (AvgIpc) is 3.13. The Balaban J connectivity index is 1.42. The molecule has 6 heteroatoms. The third-order valence-corrected chi connectivity index (χ3v) is 4.71. The van der Waals surface area contributed by atoms with Crippen molar-refractivity contribution in [1.29, 1.82) is 0 Å². The van der Waals surface area contributed by atoms with Crippen LogP contribution in [-0.4, -0.2) is 53.7 Å². The smallest absolute Gasteiger partial charge is 0.317 e. The van der Waals surface area contributed by atoms with Crippen LogP contribution in [0.15, 0.2) is 41.1 Å². The van der Waals surface area contributed by atoms with Gasteiger partial charge in [0.2, 0.25) is 0 Å². The fourth-order valence-electron chi connectivity index (χ4n) is 3.10. The Bertz CT molecular complexity index is 678. The molecule has 25 heavy (non-hydrogen) atoms. The van der Waals surface area contributed by atoms with Crippen LogP contribution in [0.4, 0.5) is 4.79 Å². The van der Waals surface area contributed by atoms with Gasteiger partial charge in [-0.25, -0.2) is 4.79 Å². The first-order chi connectivity index (χ1) is 12.1. The molecule has 0 spiro atoms. The highest BCUT2D eigenvalue weighted by Crippen LogP contribution is 2.15. The van der Waals surface area contributed by atoms with Crippen LogP contribution in [0.2, 0.25) is 0 Å². The molecule has 1 aliphatic heterocycles. The Labute approximate surface area is 148 Å². The van der Waals surface area contributed by atoms with Gasteiger partial charge < -0.3 is 14.7 Å². The number of amides is 2. The molecular weight excluding hydrogens is 316 g/mol. The summed E-state index contributed by atoms with van der Waals surface area (Å²) < 4.78 is 4.86. The molecule has 1 N–H and O–H groups in total. The van der Waals surface area contributed by atoms with Gasteiger partial charge in [-0.2, -0.15) is 0 Å². The van der Waals surface area contributed by atoms with Gasteiger partial charge in [0, 0.05) is 45.3 Å². The van der Waals surface area contributed by atoms with Gasteiger partial charge in [-0.3, -0.25) is 4.90 Å². The van der Waals surface area contributed by atoms with Crippen molar-refractivity contribution >= 4 is 6.03 Å². The van der Waals surface area contributed by atoms with E-state index in [4.69, 9.17) is 4.52 Å². The minimum atomic E-state index is 0.0283. The number of carbonyl (C=O) groups is 1. The summed E-state index contributed by atoms with van der Waals surface area (Å²) in [4.78, 5) is 16.6. The van der Waals surface area contributed by atoms with Crippen LogP contribution in [0.1, 0.15) is 29.7 Å². The van der Waals surface area contributed by atoms with E-state index < -0.39 is 0 Å². The van der Waals surface area contributed by atoms with Gasteiger partial charge in [0.25, 0.3) is 0 Å². The maximum Gasteiger partial charge on any atom is 0.317 e. The topological polar surface area (TPSA) is 61.6 Å². The molecular formula is C19H26N4O2. The van der Waals surface area contributed by atoms with E-state index in [9.17, 15) is 4.79 Å². The minimum absolute atomic E-state index is 0.0283. The first-order valence-electron chi connectivity index (χ1n) is 8.83. The molecule has 134 valence electrons. The number of carbonyl (C=O) groups excluding carboxylic acids is 1. The highest BCUT2D eigenvalue weighted by Gasteiger charge is 2.21. The Kier molecular flexibility index (Phi) is 5.71. The standard InChI is InChI=1S/C19H26N4O2/c1-15-4-3-5-17(12-15)16(2)13-20-19(24)23-9-7-22(8-10-23)14-18-6-11-25-21-18/h3-6,11-12,16H,7-10,13-14H2,1-2H3,(H,20,24)/t16-/m1/s1. The van der Waals surface area contributed by atoms with Gasteiger partial charge in [-0.15, -0.1) is 0 Å². The lowest BCUT2D eigenvalue weighted by atomic mass is 9.99. The summed E-state index contributed by atoms with van der Waals surface area (Å²) in [7, 11) is 0. The molecule has 1 aromatic carbocycles. The van der Waals surface area contributed by atoms with Crippen molar-refractivity contribution in [2.45, 2.75) is 26.3 Å². The fourth-order valence-corrected chi connectivity index (χ4v) is 3.10. The molecule has 1 atom stereocenters. The molecule has 1 aliphatic rings. The maximum absolute atomic E-state index is 12.4. The number of rotatable bonds is 5. The van der Waals surface area contributed by atoms with Gasteiger partial charge >= 0.3 is 6.03 Å². The number of aryl methyl sites for hydroxylation is 1. The summed E-state index contributed by atoms with van der Waals surface area (Å²) in [6.45, 7) is 8.85. The lowest BCUT2D eigenvalue weighted by Crippen LogP contribution is -2.51. The average molecular weight is 342 g/mol. The molecule has 0 bridgehead atoms. The summed E-state index contributed by atoms with van der Waals surface area (Å²) in [6.07, 6.45) is 1.59. The lowest BCUT2D eigenvalue weighted by Gasteiger charge is -2.34. The fraction of sp³-hybridized carbons (Fsp3) is 0.474. The molecule has 2 amide bonds. The van der Waals surface area contributed by atoms with E-state index in [0.29, 0.717) is 12.5 Å². The number of benzene rings is 1. The number of nitrogens with one attached hydrogen (secondary N) is 1. The van der Waals surface area contributed by atoms with Crippen LogP contribution >= 0.6 is 0 Å². The molecule has 1 fully saturated rings. The first kappa shape index (κ1) is 17.5. The van der Waals surface area contributed by atoms with Crippen LogP contribution in [0.3, 0.4) is 0 Å². The molecule has 1 saturated heterocycles. The van der Waals surface area contributed by atoms with Crippen LogP contribution in [-0.2, 0) is 6.54 Å². The van der Waals surface area contributed by atoms with E-state index in [1.165, 1.54) is 11.1 Å². The van der Waals surface area contributed by atoms with Gasteiger partial charge in [-0.05, 0) is 18.4 Å². The summed E-state index contributed by atoms with van der Waals surface area (Å²) in [6, 6.07) is 10.4. The molecule has 2 aromatic rings. The number of piperazine rings is 1. The highest BCUT2D eigenvalue weighted by atomic mass is 16.5. The monoisotopic (exact) mass is 342 g/mol. The van der Waals surface area contributed by atoms with Gasteiger partial charge in [0.15, 0.2) is 0 Å². The van der Waals surface area contributed by atoms with Crippen LogP contribution in [0, 0.1) is 6.92 Å². The molecule has 0 radical (unpaired) electrons. The third-order valence-electron chi connectivity index (χ3n) is 4.71. The van der Waals surface area contributed by atoms with Crippen molar-refractivity contribution in [2.24, 2.45) is 0 Å². The maximum atomic E-state index is 12.4. The van der Waals surface area contributed by atoms with Crippen molar-refractivity contribution < 1.29 is 9.32 Å². The number of aromatic nitrogens is 1. The van der Waals surface area contributed by atoms with E-state index in [-0.39, 0.29) is 6.03 Å². The normalized spacial score (nSPS) is 16.6. The second kappa shape index (κ2) is 8.16. The highest BCUT2D eigenvalue weighted by molar-refractivity contribution is 5.74. The Hall–Kier alpha value is -2.34. The van der Waals surface area contributed by atoms with E-state index in [1.807, 2.05) is 11.0 Å². The summed E-state index contributed by atoms with van der Waals surface area (Å²) in [5, 5.41) is 7.01. The molecule has 2 heterocycles. The largest absolute Gasteiger partial charge is 0.364 e. The molecule has 3 rings (SSSR count). The molecule has 1 aromatic heterocycles. The second-order valence-corrected chi connectivity index (χ2v) is 6.76. The van der Waals surface area contributed by atoms with Crippen molar-refractivity contribution in [3.8, 4) is 0 Å². The van der Waals surface area contributed by atoms with E-state index in [0.717, 1.165) is 38.4 Å². The zero-order chi connectivity index (χ0) is 17.6. The predicted molar refractivity (Wildman–Crippen MR) is 96.3 cm³/mol. The number of nitrogens with zero attached hydrogens (tertiary/aromatic N) is 3. The van der Waals surface area contributed by atoms with Crippen molar-refractivity contribution in [3.05, 3.63) is 53.4 Å². The zero-order valence-electron chi connectivity index (χ0n) is 14.9. The minimum Gasteiger partial charge on any atom is -0.364 e. The van der Waals surface area contributed by atoms with Crippen LogP contribution in [0.5, 0.6) is 0 Å². The summed E-state index contributed by atoms with van der Waals surface area (Å²) >= 11 is 0. The van der Waals surface area contributed by atoms with E-state index in [2.05, 4.69) is 53.5 Å². The Morgan fingerprint density at radius 1 is 1.28 bits per heavy atom. The van der Waals surface area contributed by atoms with E-state index in [1.54, 1.807) is 6.26 Å². The van der Waals surface area contributed by atoms with Crippen molar-refractivity contribution in [1.82, 2.24) is 20.3 Å². The van der Waals surface area contributed by atoms with Gasteiger partial charge in [0.05, 0.1) is 5.69 Å². The second-order valence-electron chi connectivity index (χ2n) is 6.76. The summed E-state index contributed by atoms with van der Waals surface area (Å²) in [5.41, 5.74) is 3.45. The molecule has 6 nitrogen and oxygen atoms in total. The first-order valence-corrected chi connectivity index (χ1v) is 8.83. The quantitative estimate of drug-likeness (QED) is 0.907. The Morgan fingerprint density at radius 2 is 2.08 bits per heavy atom. The van der Waals surface area contributed by atoms with Crippen molar-refractivity contribution in [2.75, 3.05) is 32.7 Å². The number of hydrogen-bond acceptors (Lipinski definition) is 4. The van der Waals surface area contributed by atoms with E-state index >= 15 is 0 Å². The zero-order valence-corrected chi connectivity index (χ0v) is 14.9. The Morgan fingerprint density at radius 3 is 2.76 bits per heavy atom. The van der Waals surface area contributed by atoms with Crippen LogP contribution in [0.25, 0.3) is 0 Å². The van der Waals surface area contributed by atoms with Gasteiger partial charge in [-0.1, -0.05) is 41.9 Å². The third kappa shape index (κ3) is 4.82. The van der Waals surface area contributed by atoms with Crippen LogP contribution < -0.4 is 5.32 Å². The molecule has 0 saturated carbocycles. The summed E-state index contributed by atoms with van der Waals surface area (Å²) in [5.74, 6) is 0.303. The SMILES string of the molecule is Cc1cccc([C@H](C)CNC(=O)N2CCN(Cc3ccon3)CC2)c1. The number of urea groups is 1. The molecule has 0 unspecified atom stereocenters. The number of hydrogen-bond donors (Lipinski definition) is 1. The van der Waals surface area contributed by atoms with Crippen molar-refractivity contribution in [3.63, 3.8) is 0 Å². The molecule has 0 aliphatic carbocycles. The predicted octanol–water partition coefficient (Wildman–Crippen LogP) is 2.61. The lowest BCUT2D eigenvalue weighted by molar-refractivity contribution is 0.133. The van der Waals surface area contributed by atoms with Gasteiger partial charge in [0.1, 0.15) is 6.26 Å².